The van der Waals surface area contributed by atoms with E-state index in [1.807, 2.05) is 17.0 Å². The van der Waals surface area contributed by atoms with Gasteiger partial charge in [-0.25, -0.2) is 0 Å². The molecule has 0 atom stereocenters. The molecule has 2 N–H and O–H groups in total. The molecule has 4 nitrogen and oxygen atoms in total. The van der Waals surface area contributed by atoms with Gasteiger partial charge in [-0.05, 0) is 37.3 Å². The van der Waals surface area contributed by atoms with Crippen LogP contribution in [0.4, 0.5) is 5.69 Å². The fourth-order valence-electron chi connectivity index (χ4n) is 2.04. The zero-order valence-corrected chi connectivity index (χ0v) is 11.5. The summed E-state index contributed by atoms with van der Waals surface area (Å²) in [5, 5.41) is 0. The number of anilines is 1. The Bertz CT molecular complexity index is 430. The van der Waals surface area contributed by atoms with Crippen LogP contribution < -0.4 is 10.5 Å². The average Bonchev–Trinajstić information content (AvgIpc) is 3.21. The van der Waals surface area contributed by atoms with E-state index in [4.69, 9.17) is 10.5 Å². The number of nitrogens with zero attached hydrogens (tertiary/aromatic N) is 1. The van der Waals surface area contributed by atoms with Crippen LogP contribution in [0.25, 0.3) is 0 Å². The molecule has 2 rings (SSSR count). The number of ether oxygens (including phenoxy) is 1. The minimum Gasteiger partial charge on any atom is -0.482 e. The molecule has 0 aromatic heterocycles. The Morgan fingerprint density at radius 1 is 1.42 bits per heavy atom. The Morgan fingerprint density at radius 3 is 2.79 bits per heavy atom. The molecule has 0 radical (unpaired) electrons. The number of nitrogens with two attached hydrogens (primary N) is 1. The van der Waals surface area contributed by atoms with E-state index in [0.29, 0.717) is 17.4 Å². The largest absolute Gasteiger partial charge is 0.482 e. The molecule has 1 fully saturated rings. The zero-order chi connectivity index (χ0) is 13.7. The van der Waals surface area contributed by atoms with Crippen LogP contribution in [0.3, 0.4) is 0 Å². The Labute approximate surface area is 114 Å². The van der Waals surface area contributed by atoms with Crippen molar-refractivity contribution < 1.29 is 9.53 Å². The smallest absolute Gasteiger partial charge is 0.260 e. The molecular formula is C15H22N2O2. The second kappa shape index (κ2) is 6.45. The Hall–Kier alpha value is -1.71. The van der Waals surface area contributed by atoms with Crippen molar-refractivity contribution in [2.24, 2.45) is 5.92 Å². The van der Waals surface area contributed by atoms with Crippen molar-refractivity contribution in [3.63, 3.8) is 0 Å². The molecule has 4 heteroatoms. The van der Waals surface area contributed by atoms with Gasteiger partial charge in [0.1, 0.15) is 5.75 Å². The minimum absolute atomic E-state index is 0.0528. The van der Waals surface area contributed by atoms with E-state index in [2.05, 4.69) is 6.92 Å². The van der Waals surface area contributed by atoms with Gasteiger partial charge in [-0.15, -0.1) is 0 Å². The van der Waals surface area contributed by atoms with Crippen LogP contribution in [0.15, 0.2) is 24.3 Å². The Balaban J connectivity index is 1.85. The second-order valence-corrected chi connectivity index (χ2v) is 5.11. The number of amides is 1. The van der Waals surface area contributed by atoms with Crippen LogP contribution in [0.2, 0.25) is 0 Å². The lowest BCUT2D eigenvalue weighted by Crippen LogP contribution is -2.37. The topological polar surface area (TPSA) is 55.6 Å². The van der Waals surface area contributed by atoms with Crippen LogP contribution in [-0.2, 0) is 4.79 Å². The van der Waals surface area contributed by atoms with Gasteiger partial charge in [0.15, 0.2) is 6.61 Å². The molecule has 0 spiro atoms. The molecular weight excluding hydrogens is 240 g/mol. The quantitative estimate of drug-likeness (QED) is 0.767. The van der Waals surface area contributed by atoms with Crippen molar-refractivity contribution in [2.45, 2.75) is 26.2 Å². The molecule has 0 aliphatic heterocycles. The maximum Gasteiger partial charge on any atom is 0.260 e. The van der Waals surface area contributed by atoms with E-state index in [-0.39, 0.29) is 12.5 Å². The summed E-state index contributed by atoms with van der Waals surface area (Å²) in [7, 11) is 0. The lowest BCUT2D eigenvalue weighted by Gasteiger charge is -2.22. The van der Waals surface area contributed by atoms with E-state index in [1.54, 1.807) is 12.1 Å². The highest BCUT2D eigenvalue weighted by atomic mass is 16.5. The fourth-order valence-corrected chi connectivity index (χ4v) is 2.04. The van der Waals surface area contributed by atoms with Crippen molar-refractivity contribution in [3.8, 4) is 5.75 Å². The van der Waals surface area contributed by atoms with Crippen molar-refractivity contribution in [2.75, 3.05) is 25.4 Å². The van der Waals surface area contributed by atoms with Gasteiger partial charge in [-0.3, -0.25) is 4.79 Å². The number of hydrogen-bond donors (Lipinski definition) is 1. The van der Waals surface area contributed by atoms with Crippen LogP contribution in [-0.4, -0.2) is 30.5 Å². The highest BCUT2D eigenvalue weighted by Gasteiger charge is 2.26. The highest BCUT2D eigenvalue weighted by Crippen LogP contribution is 2.29. The van der Waals surface area contributed by atoms with E-state index >= 15 is 0 Å². The van der Waals surface area contributed by atoms with Gasteiger partial charge >= 0.3 is 0 Å². The molecule has 1 amide bonds. The van der Waals surface area contributed by atoms with Gasteiger partial charge in [-0.1, -0.05) is 19.1 Å². The average molecular weight is 262 g/mol. The number of carbonyl (C=O) groups is 1. The summed E-state index contributed by atoms with van der Waals surface area (Å²) < 4.78 is 5.51. The Morgan fingerprint density at radius 2 is 2.16 bits per heavy atom. The molecule has 104 valence electrons. The van der Waals surface area contributed by atoms with Gasteiger partial charge in [0, 0.05) is 13.1 Å². The monoisotopic (exact) mass is 262 g/mol. The number of nitrogen functional groups attached to an aromatic ring is 1. The maximum atomic E-state index is 12.1. The summed E-state index contributed by atoms with van der Waals surface area (Å²) in [5.41, 5.74) is 6.35. The third-order valence-electron chi connectivity index (χ3n) is 3.29. The van der Waals surface area contributed by atoms with Gasteiger partial charge in [-0.2, -0.15) is 0 Å². The predicted molar refractivity (Wildman–Crippen MR) is 75.9 cm³/mol. The van der Waals surface area contributed by atoms with Gasteiger partial charge in [0.25, 0.3) is 5.91 Å². The lowest BCUT2D eigenvalue weighted by molar-refractivity contribution is -0.133. The predicted octanol–water partition coefficient (Wildman–Crippen LogP) is 2.30. The molecule has 1 aromatic carbocycles. The van der Waals surface area contributed by atoms with Gasteiger partial charge < -0.3 is 15.4 Å². The van der Waals surface area contributed by atoms with Crippen molar-refractivity contribution in [3.05, 3.63) is 24.3 Å². The van der Waals surface area contributed by atoms with Crippen LogP contribution in [0.5, 0.6) is 5.75 Å². The first-order valence-electron chi connectivity index (χ1n) is 6.95. The minimum atomic E-state index is 0.0528. The summed E-state index contributed by atoms with van der Waals surface area (Å²) in [4.78, 5) is 14.1. The number of carbonyl (C=O) groups excluding carboxylic acids is 1. The zero-order valence-electron chi connectivity index (χ0n) is 11.5. The van der Waals surface area contributed by atoms with E-state index in [1.165, 1.54) is 12.8 Å². The van der Waals surface area contributed by atoms with E-state index < -0.39 is 0 Å². The third-order valence-corrected chi connectivity index (χ3v) is 3.29. The molecule has 19 heavy (non-hydrogen) atoms. The van der Waals surface area contributed by atoms with Gasteiger partial charge in [0.05, 0.1) is 5.69 Å². The lowest BCUT2D eigenvalue weighted by atomic mass is 10.3. The van der Waals surface area contributed by atoms with Crippen molar-refractivity contribution in [1.29, 1.82) is 0 Å². The highest BCUT2D eigenvalue weighted by molar-refractivity contribution is 5.78. The molecule has 0 heterocycles. The van der Waals surface area contributed by atoms with E-state index in [9.17, 15) is 4.79 Å². The molecule has 1 aliphatic rings. The summed E-state index contributed by atoms with van der Waals surface area (Å²) >= 11 is 0. The summed E-state index contributed by atoms with van der Waals surface area (Å²) in [6.45, 7) is 3.84. The maximum absolute atomic E-state index is 12.1. The molecule has 0 unspecified atom stereocenters. The Kier molecular flexibility index (Phi) is 4.66. The standard InChI is InChI=1S/C15H22N2O2/c1-2-9-17(10-12-7-8-12)15(18)11-19-14-6-4-3-5-13(14)16/h3-6,12H,2,7-11,16H2,1H3. The number of benzene rings is 1. The first-order chi connectivity index (χ1) is 9.20. The third kappa shape index (κ3) is 4.16. The molecule has 0 saturated heterocycles. The molecule has 1 aromatic rings. The first-order valence-corrected chi connectivity index (χ1v) is 6.95. The first kappa shape index (κ1) is 13.7. The summed E-state index contributed by atoms with van der Waals surface area (Å²) in [6.07, 6.45) is 3.48. The summed E-state index contributed by atoms with van der Waals surface area (Å²) in [5.74, 6) is 1.34. The molecule has 0 bridgehead atoms. The van der Waals surface area contributed by atoms with Crippen molar-refractivity contribution >= 4 is 11.6 Å². The number of rotatable bonds is 7. The SMILES string of the molecule is CCCN(CC1CC1)C(=O)COc1ccccc1N. The number of hydrogen-bond acceptors (Lipinski definition) is 3. The normalized spacial score (nSPS) is 14.2. The van der Waals surface area contributed by atoms with Crippen molar-refractivity contribution in [1.82, 2.24) is 4.90 Å². The fraction of sp³-hybridized carbons (Fsp3) is 0.533. The van der Waals surface area contributed by atoms with Gasteiger partial charge in [0.2, 0.25) is 0 Å². The number of para-hydroxylation sites is 2. The molecule has 1 saturated carbocycles. The van der Waals surface area contributed by atoms with E-state index in [0.717, 1.165) is 19.5 Å². The second-order valence-electron chi connectivity index (χ2n) is 5.11. The summed E-state index contributed by atoms with van der Waals surface area (Å²) in [6, 6.07) is 7.26. The van der Waals surface area contributed by atoms with Crippen LogP contribution in [0.1, 0.15) is 26.2 Å². The molecule has 1 aliphatic carbocycles. The van der Waals surface area contributed by atoms with Crippen LogP contribution >= 0.6 is 0 Å². The van der Waals surface area contributed by atoms with Crippen LogP contribution in [0, 0.1) is 5.92 Å².